The Morgan fingerprint density at radius 3 is 1.97 bits per heavy atom. The Labute approximate surface area is 186 Å². The maximum absolute atomic E-state index is 3.91. The predicted octanol–water partition coefficient (Wildman–Crippen LogP) is 8.88. The summed E-state index contributed by atoms with van der Waals surface area (Å²) in [6.45, 7) is 7.76. The lowest BCUT2D eigenvalue weighted by atomic mass is 9.60. The third-order valence-electron chi connectivity index (χ3n) is 9.08. The molecule has 3 saturated carbocycles. The van der Waals surface area contributed by atoms with Gasteiger partial charge in [0.2, 0.25) is 0 Å². The minimum absolute atomic E-state index is 0.816. The van der Waals surface area contributed by atoms with E-state index < -0.39 is 0 Å². The van der Waals surface area contributed by atoms with Crippen LogP contribution < -0.4 is 0 Å². The van der Waals surface area contributed by atoms with Gasteiger partial charge in [-0.1, -0.05) is 49.3 Å². The van der Waals surface area contributed by atoms with E-state index in [1.165, 1.54) is 76.2 Å². The van der Waals surface area contributed by atoms with Crippen molar-refractivity contribution in [2.75, 3.05) is 0 Å². The third-order valence-corrected chi connectivity index (χ3v) is 9.08. The van der Waals surface area contributed by atoms with Gasteiger partial charge in [0.05, 0.1) is 0 Å². The van der Waals surface area contributed by atoms with E-state index in [0.717, 1.165) is 48.3 Å². The van der Waals surface area contributed by atoms with Crippen LogP contribution in [0.5, 0.6) is 0 Å². The fraction of sp³-hybridized carbons (Fsp3) is 0.667. The van der Waals surface area contributed by atoms with Crippen LogP contribution >= 0.6 is 0 Å². The van der Waals surface area contributed by atoms with E-state index >= 15 is 0 Å². The largest absolute Gasteiger partial charge is 0.103 e. The molecule has 0 heteroatoms. The van der Waals surface area contributed by atoms with Crippen LogP contribution in [0.15, 0.2) is 49.6 Å². The minimum atomic E-state index is 0.816. The topological polar surface area (TPSA) is 0 Å². The van der Waals surface area contributed by atoms with Crippen LogP contribution in [0.3, 0.4) is 0 Å². The zero-order valence-electron chi connectivity index (χ0n) is 19.2. The zero-order chi connectivity index (χ0) is 20.8. The van der Waals surface area contributed by atoms with Crippen molar-refractivity contribution in [3.8, 4) is 0 Å². The zero-order valence-corrected chi connectivity index (χ0v) is 19.2. The Bertz CT molecular complexity index is 660. The molecule has 164 valence electrons. The lowest BCUT2D eigenvalue weighted by Gasteiger charge is -2.45. The second-order valence-electron chi connectivity index (χ2n) is 10.8. The van der Waals surface area contributed by atoms with Crippen LogP contribution in [0, 0.1) is 29.6 Å². The van der Waals surface area contributed by atoms with Gasteiger partial charge in [-0.25, -0.2) is 0 Å². The number of allylic oxidation sites excluding steroid dienone is 2. The number of fused-ring (bicyclic) bond motifs is 1. The number of hydrogen-bond donors (Lipinski definition) is 0. The van der Waals surface area contributed by atoms with E-state index in [1.54, 1.807) is 12.0 Å². The first-order valence-electron chi connectivity index (χ1n) is 13.1. The molecule has 4 unspecified atom stereocenters. The molecule has 3 fully saturated rings. The van der Waals surface area contributed by atoms with E-state index in [9.17, 15) is 0 Å². The first kappa shape index (κ1) is 21.9. The molecule has 0 aromatic heterocycles. The summed E-state index contributed by atoms with van der Waals surface area (Å²) in [6, 6.07) is 9.60. The Kier molecular flexibility index (Phi) is 7.91. The maximum Gasteiger partial charge on any atom is -0.0159 e. The van der Waals surface area contributed by atoms with Gasteiger partial charge in [-0.15, -0.1) is 13.2 Å². The molecule has 0 saturated heterocycles. The molecule has 1 aromatic rings. The summed E-state index contributed by atoms with van der Waals surface area (Å²) in [5, 5.41) is 0. The maximum atomic E-state index is 3.91. The average molecular weight is 405 g/mol. The molecule has 0 amide bonds. The molecule has 0 bridgehead atoms. The summed E-state index contributed by atoms with van der Waals surface area (Å²) in [5.74, 6) is 5.94. The predicted molar refractivity (Wildman–Crippen MR) is 131 cm³/mol. The highest BCUT2D eigenvalue weighted by atomic mass is 14.4. The smallest absolute Gasteiger partial charge is 0.0159 e. The molecule has 0 N–H and O–H groups in total. The lowest BCUT2D eigenvalue weighted by molar-refractivity contribution is 0.0713. The number of aryl methyl sites for hydroxylation is 1. The molecular weight excluding hydrogens is 360 g/mol. The summed E-state index contributed by atoms with van der Waals surface area (Å²) in [4.78, 5) is 0. The van der Waals surface area contributed by atoms with Gasteiger partial charge >= 0.3 is 0 Å². The van der Waals surface area contributed by atoms with Gasteiger partial charge in [-0.3, -0.25) is 0 Å². The van der Waals surface area contributed by atoms with Crippen molar-refractivity contribution in [1.82, 2.24) is 0 Å². The second kappa shape index (κ2) is 10.8. The van der Waals surface area contributed by atoms with Crippen molar-refractivity contribution in [3.05, 3.63) is 60.7 Å². The molecule has 30 heavy (non-hydrogen) atoms. The molecule has 1 aromatic carbocycles. The summed E-state index contributed by atoms with van der Waals surface area (Å²) in [6.07, 6.45) is 24.0. The van der Waals surface area contributed by atoms with Crippen molar-refractivity contribution < 1.29 is 0 Å². The first-order chi connectivity index (χ1) is 14.8. The van der Waals surface area contributed by atoms with E-state index in [0.29, 0.717) is 0 Å². The van der Waals surface area contributed by atoms with Gasteiger partial charge in [-0.2, -0.15) is 0 Å². The number of hydrogen-bond acceptors (Lipinski definition) is 0. The first-order valence-corrected chi connectivity index (χ1v) is 13.1. The summed E-state index contributed by atoms with van der Waals surface area (Å²) in [5.41, 5.74) is 3.07. The Morgan fingerprint density at radius 1 is 0.667 bits per heavy atom. The Morgan fingerprint density at radius 2 is 1.27 bits per heavy atom. The highest BCUT2D eigenvalue weighted by Gasteiger charge is 2.38. The molecule has 0 heterocycles. The van der Waals surface area contributed by atoms with E-state index in [4.69, 9.17) is 0 Å². The van der Waals surface area contributed by atoms with Gasteiger partial charge < -0.3 is 0 Å². The Hall–Kier alpha value is -1.30. The normalized spacial score (nSPS) is 34.1. The SMILES string of the molecule is C=CCCc1ccc(C2CCC3CC(C4CCC(CCC=C)CC4)CCC3C2)cc1. The molecular formula is C30H44. The van der Waals surface area contributed by atoms with E-state index in [-0.39, 0.29) is 0 Å². The highest BCUT2D eigenvalue weighted by molar-refractivity contribution is 5.26. The van der Waals surface area contributed by atoms with Gasteiger partial charge in [0.1, 0.15) is 0 Å². The van der Waals surface area contributed by atoms with Gasteiger partial charge in [-0.05, 0) is 124 Å². The molecule has 0 nitrogen and oxygen atoms in total. The van der Waals surface area contributed by atoms with Crippen molar-refractivity contribution in [3.63, 3.8) is 0 Å². The van der Waals surface area contributed by atoms with Crippen molar-refractivity contribution in [2.45, 2.75) is 95.8 Å². The van der Waals surface area contributed by atoms with Crippen LogP contribution in [-0.4, -0.2) is 0 Å². The number of benzene rings is 1. The van der Waals surface area contributed by atoms with Crippen LogP contribution in [0.1, 0.15) is 101 Å². The van der Waals surface area contributed by atoms with Gasteiger partial charge in [0.25, 0.3) is 0 Å². The van der Waals surface area contributed by atoms with Crippen molar-refractivity contribution in [2.24, 2.45) is 29.6 Å². The minimum Gasteiger partial charge on any atom is -0.103 e. The third kappa shape index (κ3) is 5.49. The molecule has 0 aliphatic heterocycles. The molecule has 0 radical (unpaired) electrons. The summed E-state index contributed by atoms with van der Waals surface area (Å²) in [7, 11) is 0. The van der Waals surface area contributed by atoms with Crippen LogP contribution in [0.4, 0.5) is 0 Å². The fourth-order valence-corrected chi connectivity index (χ4v) is 7.18. The summed E-state index contributed by atoms with van der Waals surface area (Å²) >= 11 is 0. The molecule has 3 aliphatic carbocycles. The molecule has 4 rings (SSSR count). The average Bonchev–Trinajstić information content (AvgIpc) is 2.81. The van der Waals surface area contributed by atoms with E-state index in [1.807, 2.05) is 6.08 Å². The van der Waals surface area contributed by atoms with Crippen molar-refractivity contribution in [1.29, 1.82) is 0 Å². The van der Waals surface area contributed by atoms with Crippen LogP contribution in [-0.2, 0) is 6.42 Å². The summed E-state index contributed by atoms with van der Waals surface area (Å²) < 4.78 is 0. The van der Waals surface area contributed by atoms with Gasteiger partial charge in [0.15, 0.2) is 0 Å². The fourth-order valence-electron chi connectivity index (χ4n) is 7.18. The second-order valence-corrected chi connectivity index (χ2v) is 10.8. The molecule has 3 aliphatic rings. The quantitative estimate of drug-likeness (QED) is 0.379. The number of rotatable bonds is 8. The highest BCUT2D eigenvalue weighted by Crippen LogP contribution is 2.51. The monoisotopic (exact) mass is 404 g/mol. The van der Waals surface area contributed by atoms with Crippen molar-refractivity contribution >= 4 is 0 Å². The molecule has 0 spiro atoms. The van der Waals surface area contributed by atoms with E-state index in [2.05, 4.69) is 43.5 Å². The van der Waals surface area contributed by atoms with Gasteiger partial charge in [0, 0.05) is 0 Å². The van der Waals surface area contributed by atoms with Crippen LogP contribution in [0.25, 0.3) is 0 Å². The van der Waals surface area contributed by atoms with Crippen LogP contribution in [0.2, 0.25) is 0 Å². The lowest BCUT2D eigenvalue weighted by Crippen LogP contribution is -2.34. The Balaban J connectivity index is 1.25. The standard InChI is InChI=1S/C30H44/c1-3-5-7-23-9-13-25(14-10-23)27-17-19-30-22-28(18-20-29(30)21-27)26-15-11-24(12-16-26)8-6-4-2/h3-4,9-10,13-14,24,26-30H,1-2,5-8,11-12,15-22H2. The molecule has 4 atom stereocenters.